The second-order valence-electron chi connectivity index (χ2n) is 5.80. The number of rotatable bonds is 3. The number of carbonyl (C=O) groups is 2. The van der Waals surface area contributed by atoms with Crippen molar-refractivity contribution in [2.24, 2.45) is 0 Å². The van der Waals surface area contributed by atoms with Crippen LogP contribution in [0.3, 0.4) is 0 Å². The predicted molar refractivity (Wildman–Crippen MR) is 71.5 cm³/mol. The number of nitrogens with zero attached hydrogens (tertiary/aromatic N) is 1. The fraction of sp³-hybridized carbons (Fsp3) is 0.467. The summed E-state index contributed by atoms with van der Waals surface area (Å²) >= 11 is 0. The summed E-state index contributed by atoms with van der Waals surface area (Å²) < 4.78 is 0. The van der Waals surface area contributed by atoms with Crippen molar-refractivity contribution >= 4 is 17.6 Å². The van der Waals surface area contributed by atoms with Crippen LogP contribution in [0, 0.1) is 6.92 Å². The summed E-state index contributed by atoms with van der Waals surface area (Å²) in [5.74, 6) is -0.673. The average Bonchev–Trinajstić information content (AvgIpc) is 3.01. The third-order valence-electron chi connectivity index (χ3n) is 4.30. The molecule has 1 aliphatic carbocycles. The lowest BCUT2D eigenvalue weighted by atomic mass is 9.88. The molecule has 2 aliphatic rings. The van der Waals surface area contributed by atoms with Crippen LogP contribution in [0.25, 0.3) is 0 Å². The Kier molecular flexibility index (Phi) is 2.46. The number of likely N-dealkylation sites (N-methyl/N-ethyl adjacent to an activating group) is 1. The molecule has 0 aromatic heterocycles. The van der Waals surface area contributed by atoms with E-state index in [4.69, 9.17) is 5.11 Å². The highest BCUT2D eigenvalue weighted by Crippen LogP contribution is 2.55. The second-order valence-corrected chi connectivity index (χ2v) is 5.80. The summed E-state index contributed by atoms with van der Waals surface area (Å²) in [5, 5.41) is 9.11. The van der Waals surface area contributed by atoms with E-state index in [0.717, 1.165) is 35.2 Å². The maximum absolute atomic E-state index is 11.9. The monoisotopic (exact) mass is 259 g/mol. The lowest BCUT2D eigenvalue weighted by Crippen LogP contribution is -2.24. The predicted octanol–water partition coefficient (Wildman–Crippen LogP) is 2.02. The molecule has 1 aromatic rings. The van der Waals surface area contributed by atoms with Gasteiger partial charge in [-0.2, -0.15) is 0 Å². The van der Waals surface area contributed by atoms with Gasteiger partial charge in [0.15, 0.2) is 0 Å². The van der Waals surface area contributed by atoms with Gasteiger partial charge in [-0.1, -0.05) is 17.7 Å². The van der Waals surface area contributed by atoms with E-state index in [-0.39, 0.29) is 17.7 Å². The van der Waals surface area contributed by atoms with Gasteiger partial charge in [0.05, 0.1) is 18.5 Å². The first kappa shape index (κ1) is 12.2. The van der Waals surface area contributed by atoms with E-state index in [1.807, 2.05) is 13.0 Å². The zero-order chi connectivity index (χ0) is 13.8. The van der Waals surface area contributed by atoms with Crippen LogP contribution >= 0.6 is 0 Å². The van der Waals surface area contributed by atoms with Gasteiger partial charge in [-0.3, -0.25) is 9.59 Å². The van der Waals surface area contributed by atoms with Gasteiger partial charge < -0.3 is 10.0 Å². The molecule has 1 heterocycles. The normalized spacial score (nSPS) is 19.5. The maximum Gasteiger partial charge on any atom is 0.304 e. The van der Waals surface area contributed by atoms with E-state index < -0.39 is 5.97 Å². The smallest absolute Gasteiger partial charge is 0.304 e. The Morgan fingerprint density at radius 3 is 2.68 bits per heavy atom. The largest absolute Gasteiger partial charge is 0.481 e. The highest BCUT2D eigenvalue weighted by Gasteiger charge is 2.49. The molecular weight excluding hydrogens is 242 g/mol. The molecule has 0 bridgehead atoms. The molecule has 4 nitrogen and oxygen atoms in total. The molecule has 1 N–H and O–H groups in total. The number of aryl methyl sites for hydroxylation is 1. The Morgan fingerprint density at radius 1 is 1.42 bits per heavy atom. The third-order valence-corrected chi connectivity index (χ3v) is 4.30. The molecule has 1 aromatic carbocycles. The van der Waals surface area contributed by atoms with Crippen molar-refractivity contribution in [2.75, 3.05) is 11.9 Å². The summed E-state index contributed by atoms with van der Waals surface area (Å²) in [4.78, 5) is 24.6. The first-order valence-corrected chi connectivity index (χ1v) is 6.55. The number of carbonyl (C=O) groups excluding carboxylic acids is 1. The summed E-state index contributed by atoms with van der Waals surface area (Å²) in [7, 11) is 1.78. The minimum absolute atomic E-state index is 0.0907. The van der Waals surface area contributed by atoms with E-state index in [2.05, 4.69) is 6.07 Å². The molecule has 1 fully saturated rings. The SMILES string of the molecule is Cc1cc2c(c(C3(CC(=O)O)CC3)c1)N(C)C(=O)C2. The molecule has 0 unspecified atom stereocenters. The van der Waals surface area contributed by atoms with Gasteiger partial charge >= 0.3 is 5.97 Å². The van der Waals surface area contributed by atoms with E-state index in [1.54, 1.807) is 11.9 Å². The van der Waals surface area contributed by atoms with E-state index in [9.17, 15) is 9.59 Å². The molecule has 19 heavy (non-hydrogen) atoms. The molecule has 1 saturated carbocycles. The van der Waals surface area contributed by atoms with Crippen LogP contribution in [-0.4, -0.2) is 24.0 Å². The van der Waals surface area contributed by atoms with Crippen molar-refractivity contribution in [1.29, 1.82) is 0 Å². The van der Waals surface area contributed by atoms with Crippen LogP contribution in [0.5, 0.6) is 0 Å². The van der Waals surface area contributed by atoms with Crippen LogP contribution < -0.4 is 4.90 Å². The minimum atomic E-state index is -0.764. The van der Waals surface area contributed by atoms with E-state index >= 15 is 0 Å². The zero-order valence-corrected chi connectivity index (χ0v) is 11.2. The highest BCUT2D eigenvalue weighted by molar-refractivity contribution is 6.02. The molecule has 1 aliphatic heterocycles. The Bertz CT molecular complexity index is 587. The van der Waals surface area contributed by atoms with Gasteiger partial charge in [0, 0.05) is 12.5 Å². The molecule has 0 atom stereocenters. The molecule has 1 amide bonds. The Morgan fingerprint density at radius 2 is 2.11 bits per heavy atom. The lowest BCUT2D eigenvalue weighted by Gasteiger charge is -2.22. The number of amides is 1. The number of fused-ring (bicyclic) bond motifs is 1. The topological polar surface area (TPSA) is 57.6 Å². The minimum Gasteiger partial charge on any atom is -0.481 e. The fourth-order valence-corrected chi connectivity index (χ4v) is 3.18. The van der Waals surface area contributed by atoms with Crippen LogP contribution in [0.15, 0.2) is 12.1 Å². The first-order valence-electron chi connectivity index (χ1n) is 6.55. The first-order chi connectivity index (χ1) is 8.93. The average molecular weight is 259 g/mol. The Labute approximate surface area is 112 Å². The second kappa shape index (κ2) is 3.83. The van der Waals surface area contributed by atoms with Crippen LogP contribution in [0.2, 0.25) is 0 Å². The molecule has 3 rings (SSSR count). The summed E-state index contributed by atoms with van der Waals surface area (Å²) in [6.45, 7) is 2.00. The van der Waals surface area contributed by atoms with Crippen LogP contribution in [-0.2, 0) is 21.4 Å². The van der Waals surface area contributed by atoms with Gasteiger partial charge in [-0.15, -0.1) is 0 Å². The van der Waals surface area contributed by atoms with E-state index in [0.29, 0.717) is 6.42 Å². The Balaban J connectivity index is 2.13. The van der Waals surface area contributed by atoms with Gasteiger partial charge in [-0.25, -0.2) is 0 Å². The van der Waals surface area contributed by atoms with Gasteiger partial charge in [-0.05, 0) is 30.9 Å². The molecule has 0 radical (unpaired) electrons. The summed E-state index contributed by atoms with van der Waals surface area (Å²) in [6.07, 6.45) is 2.39. The van der Waals surface area contributed by atoms with Crippen molar-refractivity contribution in [3.63, 3.8) is 0 Å². The summed E-state index contributed by atoms with van der Waals surface area (Å²) in [5.41, 5.74) is 3.90. The van der Waals surface area contributed by atoms with Crippen molar-refractivity contribution in [1.82, 2.24) is 0 Å². The number of benzene rings is 1. The van der Waals surface area contributed by atoms with Crippen molar-refractivity contribution < 1.29 is 14.7 Å². The standard InChI is InChI=1S/C15H17NO3/c1-9-5-10-7-12(17)16(2)14(10)11(6-9)15(3-4-15)8-13(18)19/h5-6H,3-4,7-8H2,1-2H3,(H,18,19). The van der Waals surface area contributed by atoms with Crippen molar-refractivity contribution in [2.45, 2.75) is 38.0 Å². The highest BCUT2D eigenvalue weighted by atomic mass is 16.4. The zero-order valence-electron chi connectivity index (χ0n) is 11.2. The van der Waals surface area contributed by atoms with Gasteiger partial charge in [0.2, 0.25) is 5.91 Å². The number of carboxylic acids is 1. The molecule has 0 spiro atoms. The Hall–Kier alpha value is -1.84. The van der Waals surface area contributed by atoms with Crippen LogP contribution in [0.1, 0.15) is 36.0 Å². The quantitative estimate of drug-likeness (QED) is 0.903. The molecule has 0 saturated heterocycles. The van der Waals surface area contributed by atoms with E-state index in [1.165, 1.54) is 0 Å². The maximum atomic E-state index is 11.9. The number of carboxylic acid groups (broad SMARTS) is 1. The third kappa shape index (κ3) is 1.82. The van der Waals surface area contributed by atoms with Gasteiger partial charge in [0.1, 0.15) is 0 Å². The molecule has 100 valence electrons. The molecular formula is C15H17NO3. The van der Waals surface area contributed by atoms with Crippen molar-refractivity contribution in [3.05, 3.63) is 28.8 Å². The van der Waals surface area contributed by atoms with Crippen molar-refractivity contribution in [3.8, 4) is 0 Å². The number of aliphatic carboxylic acids is 1. The lowest BCUT2D eigenvalue weighted by molar-refractivity contribution is -0.137. The number of hydrogen-bond acceptors (Lipinski definition) is 2. The molecule has 4 heteroatoms. The fourth-order valence-electron chi connectivity index (χ4n) is 3.18. The van der Waals surface area contributed by atoms with Crippen LogP contribution in [0.4, 0.5) is 5.69 Å². The number of anilines is 1. The van der Waals surface area contributed by atoms with Gasteiger partial charge in [0.25, 0.3) is 0 Å². The number of hydrogen-bond donors (Lipinski definition) is 1. The summed E-state index contributed by atoms with van der Waals surface area (Å²) in [6, 6.07) is 4.10.